The molecule has 2 amide bonds. The molecule has 31 heteroatoms. The van der Waals surface area contributed by atoms with Crippen LogP contribution in [0.3, 0.4) is 0 Å². The molecule has 0 radical (unpaired) electrons. The summed E-state index contributed by atoms with van der Waals surface area (Å²) in [5, 5.41) is 34.7. The van der Waals surface area contributed by atoms with Gasteiger partial charge in [0.1, 0.15) is 36.3 Å². The molecule has 2 aromatic rings. The number of nitrogens with one attached hydrogen (secondary N) is 2. The van der Waals surface area contributed by atoms with Crippen LogP contribution in [0.25, 0.3) is 11.2 Å². The minimum Gasteiger partial charge on any atom is -0.386 e. The van der Waals surface area contributed by atoms with Crippen molar-refractivity contribution in [1.82, 2.24) is 30.2 Å². The number of carbonyl (C=O) groups excluding carboxylic acids is 2. The van der Waals surface area contributed by atoms with Crippen LogP contribution in [0.5, 0.6) is 0 Å². The minimum absolute atomic E-state index is 0.00625. The van der Waals surface area contributed by atoms with E-state index in [1.54, 1.807) is 0 Å². The molecule has 0 aliphatic carbocycles. The average Bonchev–Trinajstić information content (AvgIpc) is 3.60. The van der Waals surface area contributed by atoms with Crippen molar-refractivity contribution in [3.63, 3.8) is 0 Å². The fraction of sp³-hybridized carbons (Fsp3) is 0.696. The molecule has 1 aliphatic rings. The molecule has 3 heterocycles. The standard InChI is InChI=1S/C23H37F3N7O17P3S/c1-22(2,16(36)19(37)29-4-3-12(34)28-5-6-54-21(38)23(24,25)26)8-47-53(44,45)50-52(42,43)46-7-11-15(49-51(39,40)41)14(35)20(48-11)33-10-32-13-17(27)30-9-31-18(13)33/h9-11,14-16,20-21,35-36,38H,3-8H2,1-2H3,(H,28,34)(H,29,37)(H,42,43)(H,44,45)(H2,27,30,31)(H2,39,40,41)/t11-,14-,15-,16+,20-,21?/m1/s1. The van der Waals surface area contributed by atoms with E-state index in [0.717, 1.165) is 17.2 Å². The van der Waals surface area contributed by atoms with Crippen molar-refractivity contribution in [3.05, 3.63) is 12.7 Å². The fourth-order valence-electron chi connectivity index (χ4n) is 4.40. The van der Waals surface area contributed by atoms with Crippen LogP contribution in [-0.2, 0) is 45.9 Å². The number of nitrogens with two attached hydrogens (primary N) is 1. The maximum Gasteiger partial charge on any atom is 0.481 e. The number of aliphatic hydroxyl groups is 3. The number of hydrogen-bond acceptors (Lipinski definition) is 18. The second kappa shape index (κ2) is 18.3. The Balaban J connectivity index is 1.51. The summed E-state index contributed by atoms with van der Waals surface area (Å²) in [6.07, 6.45) is -12.2. The van der Waals surface area contributed by atoms with Gasteiger partial charge in [-0.1, -0.05) is 13.8 Å². The summed E-state index contributed by atoms with van der Waals surface area (Å²) in [5.74, 6) is -2.11. The van der Waals surface area contributed by atoms with Crippen LogP contribution in [0.1, 0.15) is 26.5 Å². The number of phosphoric acid groups is 3. The molecule has 8 atom stereocenters. The molecule has 54 heavy (non-hydrogen) atoms. The molecule has 0 spiro atoms. The largest absolute Gasteiger partial charge is 0.481 e. The van der Waals surface area contributed by atoms with E-state index in [4.69, 9.17) is 15.6 Å². The normalized spacial score (nSPS) is 23.0. The van der Waals surface area contributed by atoms with Gasteiger partial charge < -0.3 is 56.0 Å². The number of phosphoric ester groups is 3. The molecule has 0 saturated carbocycles. The Morgan fingerprint density at radius 2 is 1.70 bits per heavy atom. The summed E-state index contributed by atoms with van der Waals surface area (Å²) in [5.41, 5.74) is 1.48. The lowest BCUT2D eigenvalue weighted by molar-refractivity contribution is -0.173. The number of rotatable bonds is 20. The summed E-state index contributed by atoms with van der Waals surface area (Å²) in [7, 11) is -16.5. The van der Waals surface area contributed by atoms with Gasteiger partial charge in [0.25, 0.3) is 0 Å². The summed E-state index contributed by atoms with van der Waals surface area (Å²) in [6, 6.07) is 0. The van der Waals surface area contributed by atoms with Gasteiger partial charge in [-0.25, -0.2) is 28.6 Å². The molecular formula is C23H37F3N7O17P3S. The number of anilines is 1. The van der Waals surface area contributed by atoms with E-state index in [1.807, 2.05) is 0 Å². The highest BCUT2D eigenvalue weighted by molar-refractivity contribution is 7.99. The zero-order valence-corrected chi connectivity index (χ0v) is 31.3. The number of carbonyl (C=O) groups is 2. The highest BCUT2D eigenvalue weighted by Crippen LogP contribution is 2.61. The molecule has 3 unspecified atom stereocenters. The molecule has 0 aromatic carbocycles. The van der Waals surface area contributed by atoms with Gasteiger partial charge in [-0.2, -0.15) is 17.5 Å². The number of amides is 2. The van der Waals surface area contributed by atoms with Gasteiger partial charge in [-0.15, -0.1) is 11.8 Å². The third-order valence-corrected chi connectivity index (χ3v) is 11.2. The van der Waals surface area contributed by atoms with Crippen LogP contribution >= 0.6 is 35.2 Å². The number of fused-ring (bicyclic) bond motifs is 1. The quantitative estimate of drug-likeness (QED) is 0.0434. The van der Waals surface area contributed by atoms with Crippen LogP contribution < -0.4 is 16.4 Å². The van der Waals surface area contributed by atoms with Crippen LogP contribution in [0, 0.1) is 5.41 Å². The molecule has 11 N–H and O–H groups in total. The molecule has 2 aromatic heterocycles. The number of imidazole rings is 1. The number of nitrogens with zero attached hydrogens (tertiary/aromatic N) is 4. The molecule has 0 bridgehead atoms. The van der Waals surface area contributed by atoms with E-state index in [0.29, 0.717) is 0 Å². The van der Waals surface area contributed by atoms with E-state index in [2.05, 4.69) is 43.5 Å². The highest BCUT2D eigenvalue weighted by Gasteiger charge is 2.50. The van der Waals surface area contributed by atoms with Crippen molar-refractivity contribution in [2.45, 2.75) is 62.5 Å². The molecule has 308 valence electrons. The first-order valence-corrected chi connectivity index (χ1v) is 20.6. The Bertz CT molecular complexity index is 1770. The van der Waals surface area contributed by atoms with E-state index in [-0.39, 0.29) is 54.0 Å². The maximum atomic E-state index is 12.6. The molecule has 3 rings (SSSR count). The molecule has 1 aliphatic heterocycles. The van der Waals surface area contributed by atoms with Crippen LogP contribution in [0.2, 0.25) is 0 Å². The van der Waals surface area contributed by atoms with Crippen LogP contribution in [0.4, 0.5) is 19.0 Å². The minimum atomic E-state index is -5.61. The number of nitrogen functional groups attached to an aromatic ring is 1. The Labute approximate surface area is 306 Å². The van der Waals surface area contributed by atoms with Gasteiger partial charge in [-0.05, 0) is 0 Å². The highest BCUT2D eigenvalue weighted by atomic mass is 32.2. The van der Waals surface area contributed by atoms with E-state index >= 15 is 0 Å². The topological polar surface area (TPSA) is 367 Å². The fourth-order valence-corrected chi connectivity index (χ4v) is 7.86. The van der Waals surface area contributed by atoms with E-state index in [9.17, 15) is 66.2 Å². The lowest BCUT2D eigenvalue weighted by atomic mass is 9.87. The predicted octanol–water partition coefficient (Wildman–Crippen LogP) is -0.981. The Morgan fingerprint density at radius 1 is 1.06 bits per heavy atom. The second-order valence-corrected chi connectivity index (χ2v) is 17.3. The maximum absolute atomic E-state index is 12.6. The van der Waals surface area contributed by atoms with Gasteiger partial charge in [0, 0.05) is 30.7 Å². The van der Waals surface area contributed by atoms with Gasteiger partial charge in [0.15, 0.2) is 23.1 Å². The average molecular weight is 866 g/mol. The SMILES string of the molecule is CC(C)(COP(=O)(O)OP(=O)(O)OC[C@H]1O[C@@H](n2cnc3c(N)ncnc32)[C@H](O)[C@@H]1OP(=O)(O)O)[C@@H](O)C(=O)NCCC(=O)NCCSC(O)C(F)(F)F. The number of aromatic nitrogens is 4. The van der Waals surface area contributed by atoms with Crippen LogP contribution in [-0.4, -0.2) is 134 Å². The van der Waals surface area contributed by atoms with Crippen molar-refractivity contribution < 1.29 is 94.0 Å². The van der Waals surface area contributed by atoms with E-state index < -0.39 is 96.2 Å². The zero-order chi connectivity index (χ0) is 40.9. The second-order valence-electron chi connectivity index (χ2n) is 11.8. The first-order chi connectivity index (χ1) is 24.7. The lowest BCUT2D eigenvalue weighted by Gasteiger charge is -2.30. The molecular weight excluding hydrogens is 828 g/mol. The summed E-state index contributed by atoms with van der Waals surface area (Å²) < 4.78 is 98.5. The van der Waals surface area contributed by atoms with Crippen molar-refractivity contribution in [3.8, 4) is 0 Å². The van der Waals surface area contributed by atoms with Gasteiger partial charge in [0.2, 0.25) is 11.8 Å². The van der Waals surface area contributed by atoms with Crippen molar-refractivity contribution in [1.29, 1.82) is 0 Å². The number of thioether (sulfide) groups is 1. The number of aliphatic hydroxyl groups excluding tert-OH is 3. The van der Waals surface area contributed by atoms with Gasteiger partial charge in [-0.3, -0.25) is 27.7 Å². The predicted molar refractivity (Wildman–Crippen MR) is 174 cm³/mol. The number of hydrogen-bond donors (Lipinski definition) is 10. The van der Waals surface area contributed by atoms with Crippen molar-refractivity contribution in [2.24, 2.45) is 5.41 Å². The zero-order valence-electron chi connectivity index (χ0n) is 27.8. The number of alkyl halides is 3. The first-order valence-electron chi connectivity index (χ1n) is 15.0. The third kappa shape index (κ3) is 13.4. The third-order valence-electron chi connectivity index (χ3n) is 7.06. The van der Waals surface area contributed by atoms with E-state index in [1.165, 1.54) is 13.8 Å². The summed E-state index contributed by atoms with van der Waals surface area (Å²) in [6.45, 7) is -0.354. The molecule has 1 saturated heterocycles. The van der Waals surface area contributed by atoms with Crippen LogP contribution in [0.15, 0.2) is 12.7 Å². The Hall–Kier alpha value is -2.36. The lowest BCUT2D eigenvalue weighted by Crippen LogP contribution is -2.46. The summed E-state index contributed by atoms with van der Waals surface area (Å²) in [4.78, 5) is 74.9. The number of ether oxygens (including phenoxy) is 1. The monoisotopic (exact) mass is 865 g/mol. The summed E-state index contributed by atoms with van der Waals surface area (Å²) >= 11 is 0.147. The number of halogens is 3. The smallest absolute Gasteiger partial charge is 0.386 e. The Kier molecular flexibility index (Phi) is 15.6. The molecule has 24 nitrogen and oxygen atoms in total. The molecule has 1 fully saturated rings. The van der Waals surface area contributed by atoms with Gasteiger partial charge >= 0.3 is 29.6 Å². The van der Waals surface area contributed by atoms with Gasteiger partial charge in [0.05, 0.1) is 19.5 Å². The first kappa shape index (κ1) is 46.0. The van der Waals surface area contributed by atoms with Crippen molar-refractivity contribution >= 4 is 64.0 Å². The van der Waals surface area contributed by atoms with Crippen molar-refractivity contribution in [2.75, 3.05) is 37.8 Å². The Morgan fingerprint density at radius 3 is 2.33 bits per heavy atom.